The van der Waals surface area contributed by atoms with Crippen LogP contribution in [0.5, 0.6) is 0 Å². The summed E-state index contributed by atoms with van der Waals surface area (Å²) in [6, 6.07) is 0.617. The quantitative estimate of drug-likeness (QED) is 0.822. The molecule has 17 heavy (non-hydrogen) atoms. The van der Waals surface area contributed by atoms with Crippen molar-refractivity contribution in [2.24, 2.45) is 0 Å². The summed E-state index contributed by atoms with van der Waals surface area (Å²) in [5, 5.41) is 4.53. The van der Waals surface area contributed by atoms with Gasteiger partial charge in [-0.25, -0.2) is 0 Å². The van der Waals surface area contributed by atoms with Gasteiger partial charge in [0, 0.05) is 28.1 Å². The predicted molar refractivity (Wildman–Crippen MR) is 78.0 cm³/mol. The molecule has 1 saturated carbocycles. The molecule has 96 valence electrons. The highest BCUT2D eigenvalue weighted by Gasteiger charge is 2.18. The van der Waals surface area contributed by atoms with Crippen LogP contribution in [0.1, 0.15) is 37.5 Å². The smallest absolute Gasteiger partial charge is 0.0794 e. The van der Waals surface area contributed by atoms with Gasteiger partial charge in [0.05, 0.1) is 5.51 Å². The maximum absolute atomic E-state index is 4.16. The van der Waals surface area contributed by atoms with Gasteiger partial charge in [-0.1, -0.05) is 19.8 Å². The summed E-state index contributed by atoms with van der Waals surface area (Å²) in [5.41, 5.74) is 1.93. The van der Waals surface area contributed by atoms with Gasteiger partial charge < -0.3 is 5.32 Å². The van der Waals surface area contributed by atoms with E-state index in [4.69, 9.17) is 0 Å². The van der Waals surface area contributed by atoms with Gasteiger partial charge >= 0.3 is 0 Å². The normalized spacial score (nSPS) is 18.6. The van der Waals surface area contributed by atoms with E-state index in [-0.39, 0.29) is 0 Å². The molecule has 0 saturated heterocycles. The Morgan fingerprint density at radius 1 is 1.53 bits per heavy atom. The van der Waals surface area contributed by atoms with Gasteiger partial charge in [-0.3, -0.25) is 4.98 Å². The molecule has 1 aromatic heterocycles. The summed E-state index contributed by atoms with van der Waals surface area (Å²) in [7, 11) is 0. The molecule has 0 radical (unpaired) electrons. The van der Waals surface area contributed by atoms with Crippen molar-refractivity contribution in [3.8, 4) is 0 Å². The number of hydrogen-bond acceptors (Lipinski definition) is 4. The first-order valence-electron chi connectivity index (χ1n) is 6.61. The van der Waals surface area contributed by atoms with Gasteiger partial charge in [0.2, 0.25) is 0 Å². The fourth-order valence-corrected chi connectivity index (χ4v) is 4.45. The van der Waals surface area contributed by atoms with Crippen LogP contribution in [0.3, 0.4) is 0 Å². The summed E-state index contributed by atoms with van der Waals surface area (Å²) in [6.07, 6.45) is 8.90. The first-order chi connectivity index (χ1) is 8.38. The Morgan fingerprint density at radius 3 is 3.00 bits per heavy atom. The lowest BCUT2D eigenvalue weighted by atomic mass is 10.2. The Labute approximate surface area is 113 Å². The molecule has 1 unspecified atom stereocenters. The lowest BCUT2D eigenvalue weighted by Gasteiger charge is -2.18. The van der Waals surface area contributed by atoms with Crippen LogP contribution in [0.15, 0.2) is 11.7 Å². The molecule has 0 aliphatic heterocycles. The number of nitrogens with one attached hydrogen (secondary N) is 1. The van der Waals surface area contributed by atoms with Crippen molar-refractivity contribution in [1.82, 2.24) is 10.3 Å². The number of likely N-dealkylation sites (N-methyl/N-ethyl adjacent to an activating group) is 1. The third-order valence-electron chi connectivity index (χ3n) is 3.26. The molecule has 0 spiro atoms. The molecular weight excluding hydrogens is 248 g/mol. The van der Waals surface area contributed by atoms with Crippen LogP contribution in [-0.4, -0.2) is 28.6 Å². The van der Waals surface area contributed by atoms with Crippen LogP contribution in [-0.2, 0) is 6.42 Å². The molecule has 2 nitrogen and oxygen atoms in total. The van der Waals surface area contributed by atoms with Crippen LogP contribution in [0, 0.1) is 0 Å². The maximum Gasteiger partial charge on any atom is 0.0794 e. The molecule has 0 aromatic carbocycles. The maximum atomic E-state index is 4.16. The van der Waals surface area contributed by atoms with Crippen molar-refractivity contribution in [2.75, 3.05) is 12.3 Å². The minimum Gasteiger partial charge on any atom is -0.313 e. The zero-order chi connectivity index (χ0) is 11.9. The van der Waals surface area contributed by atoms with E-state index in [1.165, 1.54) is 36.3 Å². The molecule has 1 heterocycles. The van der Waals surface area contributed by atoms with E-state index in [9.17, 15) is 0 Å². The third kappa shape index (κ3) is 4.60. The lowest BCUT2D eigenvalue weighted by molar-refractivity contribution is 0.575. The largest absolute Gasteiger partial charge is 0.313 e. The van der Waals surface area contributed by atoms with Crippen LogP contribution in [0.25, 0.3) is 0 Å². The second-order valence-electron chi connectivity index (χ2n) is 4.67. The summed E-state index contributed by atoms with van der Waals surface area (Å²) in [5.74, 6) is 1.25. The average Bonchev–Trinajstić information content (AvgIpc) is 2.99. The van der Waals surface area contributed by atoms with E-state index < -0.39 is 0 Å². The van der Waals surface area contributed by atoms with Crippen LogP contribution < -0.4 is 5.32 Å². The summed E-state index contributed by atoms with van der Waals surface area (Å²) < 4.78 is 0. The number of aromatic nitrogens is 1. The van der Waals surface area contributed by atoms with Gasteiger partial charge in [-0.05, 0) is 25.8 Å². The molecule has 1 aliphatic rings. The van der Waals surface area contributed by atoms with E-state index in [1.807, 2.05) is 11.7 Å². The zero-order valence-electron chi connectivity index (χ0n) is 10.5. The highest BCUT2D eigenvalue weighted by molar-refractivity contribution is 7.99. The van der Waals surface area contributed by atoms with Crippen molar-refractivity contribution < 1.29 is 0 Å². The Hall–Kier alpha value is -0.0600. The van der Waals surface area contributed by atoms with Crippen LogP contribution in [0.4, 0.5) is 0 Å². The lowest BCUT2D eigenvalue weighted by Crippen LogP contribution is -2.33. The highest BCUT2D eigenvalue weighted by Crippen LogP contribution is 2.30. The SMILES string of the molecule is CCNC(CSC1CCCC1)Cc1cncs1. The fraction of sp³-hybridized carbons (Fsp3) is 0.769. The number of rotatable bonds is 7. The van der Waals surface area contributed by atoms with E-state index >= 15 is 0 Å². The Kier molecular flexibility index (Phi) is 5.81. The summed E-state index contributed by atoms with van der Waals surface area (Å²) in [6.45, 7) is 3.26. The van der Waals surface area contributed by atoms with E-state index in [2.05, 4.69) is 29.0 Å². The molecule has 0 amide bonds. The zero-order valence-corrected chi connectivity index (χ0v) is 12.2. The second kappa shape index (κ2) is 7.39. The van der Waals surface area contributed by atoms with E-state index in [1.54, 1.807) is 11.3 Å². The van der Waals surface area contributed by atoms with Crippen LogP contribution >= 0.6 is 23.1 Å². The van der Waals surface area contributed by atoms with Crippen molar-refractivity contribution in [2.45, 2.75) is 50.3 Å². The molecule has 1 aliphatic carbocycles. The molecule has 4 heteroatoms. The summed E-state index contributed by atoms with van der Waals surface area (Å²) >= 11 is 3.95. The van der Waals surface area contributed by atoms with Gasteiger partial charge in [-0.15, -0.1) is 11.3 Å². The van der Waals surface area contributed by atoms with Crippen molar-refractivity contribution >= 4 is 23.1 Å². The fourth-order valence-electron chi connectivity index (χ4n) is 2.37. The minimum atomic E-state index is 0.617. The number of hydrogen-bond donors (Lipinski definition) is 1. The first-order valence-corrected chi connectivity index (χ1v) is 8.53. The number of thioether (sulfide) groups is 1. The van der Waals surface area contributed by atoms with E-state index in [0.29, 0.717) is 6.04 Å². The number of thiazole rings is 1. The Morgan fingerprint density at radius 2 is 2.35 bits per heavy atom. The molecule has 1 aromatic rings. The molecule has 0 bridgehead atoms. The van der Waals surface area contributed by atoms with E-state index in [0.717, 1.165) is 18.2 Å². The van der Waals surface area contributed by atoms with Crippen molar-refractivity contribution in [3.05, 3.63) is 16.6 Å². The Bertz CT molecular complexity index is 294. The Balaban J connectivity index is 1.75. The monoisotopic (exact) mass is 270 g/mol. The molecule has 1 N–H and O–H groups in total. The molecule has 2 rings (SSSR count). The van der Waals surface area contributed by atoms with Crippen molar-refractivity contribution in [1.29, 1.82) is 0 Å². The topological polar surface area (TPSA) is 24.9 Å². The second-order valence-corrected chi connectivity index (χ2v) is 6.97. The number of nitrogens with zero attached hydrogens (tertiary/aromatic N) is 1. The van der Waals surface area contributed by atoms with Crippen molar-refractivity contribution in [3.63, 3.8) is 0 Å². The minimum absolute atomic E-state index is 0.617. The molecule has 1 fully saturated rings. The first kappa shape index (κ1) is 13.4. The standard InChI is InChI=1S/C13H22N2S2/c1-2-15-11(7-13-8-14-10-17-13)9-16-12-5-3-4-6-12/h8,10-12,15H,2-7,9H2,1H3. The molecular formula is C13H22N2S2. The van der Waals surface area contributed by atoms with Gasteiger partial charge in [0.1, 0.15) is 0 Å². The average molecular weight is 270 g/mol. The van der Waals surface area contributed by atoms with Gasteiger partial charge in [-0.2, -0.15) is 11.8 Å². The molecule has 1 atom stereocenters. The predicted octanol–water partition coefficient (Wildman–Crippen LogP) is 3.34. The van der Waals surface area contributed by atoms with Crippen LogP contribution in [0.2, 0.25) is 0 Å². The van der Waals surface area contributed by atoms with Gasteiger partial charge in [0.15, 0.2) is 0 Å². The summed E-state index contributed by atoms with van der Waals surface area (Å²) in [4.78, 5) is 5.56. The third-order valence-corrected chi connectivity index (χ3v) is 5.60. The highest BCUT2D eigenvalue weighted by atomic mass is 32.2. The van der Waals surface area contributed by atoms with Gasteiger partial charge in [0.25, 0.3) is 0 Å².